The van der Waals surface area contributed by atoms with Crippen molar-refractivity contribution in [1.29, 1.82) is 0 Å². The predicted molar refractivity (Wildman–Crippen MR) is 113 cm³/mol. The Labute approximate surface area is 167 Å². The normalized spacial score (nSPS) is 10.8. The minimum Gasteiger partial charge on any atom is -0.324 e. The zero-order valence-electron chi connectivity index (χ0n) is 16.0. The molecule has 1 amide bonds. The van der Waals surface area contributed by atoms with Gasteiger partial charge >= 0.3 is 0 Å². The van der Waals surface area contributed by atoms with Crippen LogP contribution in [0.2, 0.25) is 0 Å². The highest BCUT2D eigenvalue weighted by molar-refractivity contribution is 5.91. The molecule has 4 rings (SSSR count). The van der Waals surface area contributed by atoms with Crippen molar-refractivity contribution in [2.75, 3.05) is 5.32 Å². The molecule has 2 aromatic carbocycles. The second-order valence-corrected chi connectivity index (χ2v) is 6.85. The number of nitrogens with one attached hydrogen (secondary N) is 1. The first-order chi connectivity index (χ1) is 14.1. The average molecular weight is 384 g/mol. The maximum Gasteiger partial charge on any atom is 0.275 e. The number of carbonyl (C=O) groups is 1. The molecule has 4 aromatic rings. The van der Waals surface area contributed by atoms with E-state index < -0.39 is 0 Å². The molecule has 0 saturated carbocycles. The van der Waals surface area contributed by atoms with Crippen LogP contribution in [-0.2, 0) is 17.8 Å². The van der Waals surface area contributed by atoms with Gasteiger partial charge in [-0.3, -0.25) is 14.6 Å². The Bertz CT molecular complexity index is 1230. The molecule has 6 nitrogen and oxygen atoms in total. The van der Waals surface area contributed by atoms with Crippen LogP contribution in [0.5, 0.6) is 0 Å². The number of anilines is 1. The highest BCUT2D eigenvalue weighted by Crippen LogP contribution is 2.17. The topological polar surface area (TPSA) is 76.9 Å². The van der Waals surface area contributed by atoms with E-state index >= 15 is 0 Å². The van der Waals surface area contributed by atoms with Crippen LogP contribution < -0.4 is 10.9 Å². The van der Waals surface area contributed by atoms with Crippen LogP contribution in [0, 0.1) is 6.92 Å². The number of carbonyl (C=O) groups excluding carboxylic acids is 1. The molecule has 0 unspecified atom stereocenters. The molecule has 0 fully saturated rings. The van der Waals surface area contributed by atoms with E-state index in [-0.39, 0.29) is 18.0 Å². The van der Waals surface area contributed by atoms with Gasteiger partial charge in [-0.15, -0.1) is 0 Å². The third-order valence-electron chi connectivity index (χ3n) is 4.78. The Morgan fingerprint density at radius 3 is 2.41 bits per heavy atom. The lowest BCUT2D eigenvalue weighted by molar-refractivity contribution is -0.117. The molecule has 0 saturated heterocycles. The Morgan fingerprint density at radius 1 is 0.966 bits per heavy atom. The van der Waals surface area contributed by atoms with Crippen LogP contribution in [0.4, 0.5) is 5.69 Å². The fourth-order valence-electron chi connectivity index (χ4n) is 3.28. The summed E-state index contributed by atoms with van der Waals surface area (Å²) < 4.78 is 1.24. The standard InChI is InChI=1S/C23H20N4O2/c1-16-6-2-5-9-20(16)25-22(28)15-27-23(29)19-8-4-3-7-18(19)21(26-27)14-17-10-12-24-13-11-17/h2-13H,14-15H2,1H3,(H,25,28). The smallest absolute Gasteiger partial charge is 0.275 e. The van der Waals surface area contributed by atoms with Crippen LogP contribution in [-0.4, -0.2) is 20.7 Å². The van der Waals surface area contributed by atoms with Crippen molar-refractivity contribution < 1.29 is 4.79 Å². The molecule has 0 bridgehead atoms. The zero-order chi connectivity index (χ0) is 20.2. The molecule has 0 radical (unpaired) electrons. The Morgan fingerprint density at radius 2 is 1.66 bits per heavy atom. The maximum absolute atomic E-state index is 12.9. The molecular formula is C23H20N4O2. The first kappa shape index (κ1) is 18.6. The molecule has 0 aliphatic heterocycles. The van der Waals surface area contributed by atoms with Gasteiger partial charge in [-0.2, -0.15) is 5.10 Å². The SMILES string of the molecule is Cc1ccccc1NC(=O)Cn1nc(Cc2ccncc2)c2ccccc2c1=O. The number of pyridine rings is 1. The molecule has 2 aromatic heterocycles. The van der Waals surface area contributed by atoms with Crippen molar-refractivity contribution in [2.24, 2.45) is 0 Å². The highest BCUT2D eigenvalue weighted by Gasteiger charge is 2.14. The lowest BCUT2D eigenvalue weighted by Gasteiger charge is -2.12. The number of hydrogen-bond donors (Lipinski definition) is 1. The molecule has 144 valence electrons. The summed E-state index contributed by atoms with van der Waals surface area (Å²) >= 11 is 0. The molecule has 6 heteroatoms. The van der Waals surface area contributed by atoms with E-state index in [1.807, 2.05) is 61.5 Å². The number of hydrogen-bond acceptors (Lipinski definition) is 4. The van der Waals surface area contributed by atoms with Crippen LogP contribution in [0.25, 0.3) is 10.8 Å². The summed E-state index contributed by atoms with van der Waals surface area (Å²) in [4.78, 5) is 29.5. The summed E-state index contributed by atoms with van der Waals surface area (Å²) in [6.07, 6.45) is 4.00. The Balaban J connectivity index is 1.69. The van der Waals surface area contributed by atoms with Gasteiger partial charge in [-0.25, -0.2) is 4.68 Å². The predicted octanol–water partition coefficient (Wildman–Crippen LogP) is 3.33. The van der Waals surface area contributed by atoms with Crippen molar-refractivity contribution >= 4 is 22.4 Å². The van der Waals surface area contributed by atoms with E-state index in [4.69, 9.17) is 0 Å². The maximum atomic E-state index is 12.9. The quantitative estimate of drug-likeness (QED) is 0.573. The number of nitrogens with zero attached hydrogens (tertiary/aromatic N) is 3. The zero-order valence-corrected chi connectivity index (χ0v) is 16.0. The summed E-state index contributed by atoms with van der Waals surface area (Å²) in [7, 11) is 0. The third-order valence-corrected chi connectivity index (χ3v) is 4.78. The molecule has 2 heterocycles. The largest absolute Gasteiger partial charge is 0.324 e. The molecule has 0 aliphatic rings. The van der Waals surface area contributed by atoms with Crippen LogP contribution in [0.1, 0.15) is 16.8 Å². The minimum atomic E-state index is -0.293. The molecular weight excluding hydrogens is 364 g/mol. The molecule has 1 N–H and O–H groups in total. The van der Waals surface area contributed by atoms with Crippen molar-refractivity contribution in [2.45, 2.75) is 19.9 Å². The summed E-state index contributed by atoms with van der Waals surface area (Å²) in [5, 5.41) is 8.73. The fourth-order valence-corrected chi connectivity index (χ4v) is 3.28. The Kier molecular flexibility index (Phi) is 5.16. The monoisotopic (exact) mass is 384 g/mol. The lowest BCUT2D eigenvalue weighted by Crippen LogP contribution is -2.31. The van der Waals surface area contributed by atoms with Crippen LogP contribution in [0.15, 0.2) is 77.9 Å². The van der Waals surface area contributed by atoms with Gasteiger partial charge in [0.2, 0.25) is 5.91 Å². The first-order valence-corrected chi connectivity index (χ1v) is 9.35. The van der Waals surface area contributed by atoms with E-state index in [0.29, 0.717) is 11.8 Å². The number of aromatic nitrogens is 3. The molecule has 0 aliphatic carbocycles. The second-order valence-electron chi connectivity index (χ2n) is 6.85. The van der Waals surface area contributed by atoms with Gasteiger partial charge in [0.1, 0.15) is 6.54 Å². The summed E-state index contributed by atoms with van der Waals surface area (Å²) in [6, 6.07) is 18.7. The van der Waals surface area contributed by atoms with Gasteiger partial charge in [0.05, 0.1) is 11.1 Å². The second kappa shape index (κ2) is 8.06. The lowest BCUT2D eigenvalue weighted by atomic mass is 10.1. The summed E-state index contributed by atoms with van der Waals surface area (Å²) in [6.45, 7) is 1.77. The average Bonchev–Trinajstić information content (AvgIpc) is 2.74. The number of rotatable bonds is 5. The third kappa shape index (κ3) is 4.06. The van der Waals surface area contributed by atoms with Crippen molar-refractivity contribution in [1.82, 2.24) is 14.8 Å². The summed E-state index contributed by atoms with van der Waals surface area (Å²) in [5.41, 5.74) is 3.18. The van der Waals surface area contributed by atoms with Crippen molar-refractivity contribution in [3.63, 3.8) is 0 Å². The fraction of sp³-hybridized carbons (Fsp3) is 0.130. The van der Waals surface area contributed by atoms with E-state index in [2.05, 4.69) is 15.4 Å². The number of fused-ring (bicyclic) bond motifs is 1. The van der Waals surface area contributed by atoms with Gasteiger partial charge in [0.25, 0.3) is 5.56 Å². The molecule has 0 spiro atoms. The van der Waals surface area contributed by atoms with Crippen molar-refractivity contribution in [3.8, 4) is 0 Å². The van der Waals surface area contributed by atoms with E-state index in [1.165, 1.54) is 4.68 Å². The molecule has 29 heavy (non-hydrogen) atoms. The van der Waals surface area contributed by atoms with Gasteiger partial charge in [-0.1, -0.05) is 36.4 Å². The van der Waals surface area contributed by atoms with E-state index in [9.17, 15) is 9.59 Å². The van der Waals surface area contributed by atoms with Crippen molar-refractivity contribution in [3.05, 3.63) is 100 Å². The van der Waals surface area contributed by atoms with Gasteiger partial charge < -0.3 is 5.32 Å². The molecule has 0 atom stereocenters. The van der Waals surface area contributed by atoms with E-state index in [0.717, 1.165) is 27.9 Å². The number of amides is 1. The van der Waals surface area contributed by atoms with Gasteiger partial charge in [-0.05, 0) is 42.3 Å². The highest BCUT2D eigenvalue weighted by atomic mass is 16.2. The Hall–Kier alpha value is -3.80. The van der Waals surface area contributed by atoms with Crippen LogP contribution in [0.3, 0.4) is 0 Å². The minimum absolute atomic E-state index is 0.151. The first-order valence-electron chi connectivity index (χ1n) is 9.35. The van der Waals surface area contributed by atoms with Crippen LogP contribution >= 0.6 is 0 Å². The number of aryl methyl sites for hydroxylation is 1. The number of para-hydroxylation sites is 1. The van der Waals surface area contributed by atoms with Gasteiger partial charge in [0.15, 0.2) is 0 Å². The summed E-state index contributed by atoms with van der Waals surface area (Å²) in [5.74, 6) is -0.293. The van der Waals surface area contributed by atoms with E-state index in [1.54, 1.807) is 18.5 Å². The number of benzene rings is 2. The van der Waals surface area contributed by atoms with Gasteiger partial charge in [0, 0.05) is 29.9 Å².